The monoisotopic (exact) mass is 808 g/mol. The van der Waals surface area contributed by atoms with E-state index in [0.29, 0.717) is 0 Å². The molecular formula is C60H44N2O. The first-order valence-corrected chi connectivity index (χ1v) is 22.1. The third-order valence-corrected chi connectivity index (χ3v) is 14.4. The Hall–Kier alpha value is -7.62. The summed E-state index contributed by atoms with van der Waals surface area (Å²) in [6.45, 7) is 9.46. The molecule has 300 valence electrons. The van der Waals surface area contributed by atoms with Gasteiger partial charge in [-0.2, -0.15) is 0 Å². The molecule has 0 aliphatic heterocycles. The van der Waals surface area contributed by atoms with Gasteiger partial charge < -0.3 is 13.9 Å². The molecular weight excluding hydrogens is 765 g/mol. The van der Waals surface area contributed by atoms with Crippen molar-refractivity contribution < 1.29 is 4.42 Å². The molecule has 2 aliphatic rings. The van der Waals surface area contributed by atoms with E-state index in [4.69, 9.17) is 4.42 Å². The lowest BCUT2D eigenvalue weighted by atomic mass is 9.81. The first-order chi connectivity index (χ1) is 30.8. The third-order valence-electron chi connectivity index (χ3n) is 14.4. The largest absolute Gasteiger partial charge is 0.455 e. The van der Waals surface area contributed by atoms with Gasteiger partial charge >= 0.3 is 0 Å². The molecule has 0 N–H and O–H groups in total. The topological polar surface area (TPSA) is 21.3 Å². The number of furan rings is 1. The zero-order chi connectivity index (χ0) is 42.2. The molecule has 0 atom stereocenters. The number of anilines is 3. The molecule has 9 aromatic carbocycles. The lowest BCUT2D eigenvalue weighted by Crippen LogP contribution is -2.16. The van der Waals surface area contributed by atoms with Crippen LogP contribution < -0.4 is 4.90 Å². The molecule has 2 heterocycles. The van der Waals surface area contributed by atoms with Gasteiger partial charge in [-0.1, -0.05) is 155 Å². The molecule has 3 heteroatoms. The van der Waals surface area contributed by atoms with Crippen molar-refractivity contribution in [1.82, 2.24) is 4.57 Å². The number of benzene rings is 9. The summed E-state index contributed by atoms with van der Waals surface area (Å²) >= 11 is 0. The summed E-state index contributed by atoms with van der Waals surface area (Å²) in [5, 5.41) is 4.58. The lowest BCUT2D eigenvalue weighted by molar-refractivity contribution is 0.660. The number of hydrogen-bond donors (Lipinski definition) is 0. The van der Waals surface area contributed by atoms with Crippen LogP contribution in [-0.2, 0) is 10.8 Å². The lowest BCUT2D eigenvalue weighted by Gasteiger charge is -2.28. The van der Waals surface area contributed by atoms with Crippen LogP contribution in [-0.4, -0.2) is 4.57 Å². The van der Waals surface area contributed by atoms with Crippen LogP contribution in [0.3, 0.4) is 0 Å². The molecule has 0 fully saturated rings. The SMILES string of the molecule is CC1(C)c2ccccc2-c2ccc(N(c3ccc(-c4ccccc4)cc3)c3ccc4c(c3)oc3c4ccc4c3c3ccc5c(c3n4-c3ccccc3)C(C)(C)c3ccccc3-5)cc21. The van der Waals surface area contributed by atoms with Crippen molar-refractivity contribution in [3.63, 3.8) is 0 Å². The van der Waals surface area contributed by atoms with Crippen molar-refractivity contribution >= 4 is 60.8 Å². The summed E-state index contributed by atoms with van der Waals surface area (Å²) < 4.78 is 9.68. The second-order valence-corrected chi connectivity index (χ2v) is 18.5. The fourth-order valence-electron chi connectivity index (χ4n) is 11.4. The van der Waals surface area contributed by atoms with E-state index < -0.39 is 0 Å². The Balaban J connectivity index is 1.03. The highest BCUT2D eigenvalue weighted by atomic mass is 16.3. The Labute approximate surface area is 367 Å². The third kappa shape index (κ3) is 5.02. The summed E-state index contributed by atoms with van der Waals surface area (Å²) in [6, 6.07) is 71.2. The van der Waals surface area contributed by atoms with Gasteiger partial charge in [0, 0.05) is 55.8 Å². The van der Waals surface area contributed by atoms with Crippen LogP contribution in [0.15, 0.2) is 199 Å². The van der Waals surface area contributed by atoms with Gasteiger partial charge in [-0.25, -0.2) is 0 Å². The minimum atomic E-state index is -0.188. The molecule has 0 spiro atoms. The first-order valence-electron chi connectivity index (χ1n) is 22.1. The molecule has 0 radical (unpaired) electrons. The fourth-order valence-corrected chi connectivity index (χ4v) is 11.4. The van der Waals surface area contributed by atoms with Gasteiger partial charge in [-0.15, -0.1) is 0 Å². The number of nitrogens with zero attached hydrogens (tertiary/aromatic N) is 2. The van der Waals surface area contributed by atoms with Crippen molar-refractivity contribution in [3.8, 4) is 39.1 Å². The quantitative estimate of drug-likeness (QED) is 0.173. The minimum absolute atomic E-state index is 0.129. The fraction of sp³-hybridized carbons (Fsp3) is 0.100. The van der Waals surface area contributed by atoms with Gasteiger partial charge in [-0.3, -0.25) is 0 Å². The molecule has 0 amide bonds. The molecule has 2 aliphatic carbocycles. The molecule has 11 aromatic rings. The molecule has 13 rings (SSSR count). The highest BCUT2D eigenvalue weighted by Gasteiger charge is 2.39. The van der Waals surface area contributed by atoms with Gasteiger partial charge in [0.1, 0.15) is 11.2 Å². The summed E-state index contributed by atoms with van der Waals surface area (Å²) in [6.07, 6.45) is 0. The molecule has 2 aromatic heterocycles. The summed E-state index contributed by atoms with van der Waals surface area (Å²) in [5.41, 5.74) is 21.3. The van der Waals surface area contributed by atoms with Crippen LogP contribution in [0.4, 0.5) is 17.1 Å². The van der Waals surface area contributed by atoms with Crippen LogP contribution in [0.2, 0.25) is 0 Å². The smallest absolute Gasteiger partial charge is 0.145 e. The van der Waals surface area contributed by atoms with Crippen LogP contribution in [0.1, 0.15) is 49.9 Å². The Kier molecular flexibility index (Phi) is 7.42. The van der Waals surface area contributed by atoms with Gasteiger partial charge in [0.15, 0.2) is 0 Å². The number of rotatable bonds is 5. The number of fused-ring (bicyclic) bond motifs is 14. The molecule has 63 heavy (non-hydrogen) atoms. The van der Waals surface area contributed by atoms with Crippen molar-refractivity contribution in [2.75, 3.05) is 4.90 Å². The second kappa shape index (κ2) is 13.0. The maximum atomic E-state index is 7.21. The van der Waals surface area contributed by atoms with E-state index in [2.05, 4.69) is 231 Å². The maximum absolute atomic E-state index is 7.21. The highest BCUT2D eigenvalue weighted by Crippen LogP contribution is 2.55. The molecule has 3 nitrogen and oxygen atoms in total. The molecule has 0 saturated carbocycles. The van der Waals surface area contributed by atoms with Gasteiger partial charge in [0.25, 0.3) is 0 Å². The Bertz CT molecular complexity index is 3660. The zero-order valence-electron chi connectivity index (χ0n) is 35.8. The minimum Gasteiger partial charge on any atom is -0.455 e. The van der Waals surface area contributed by atoms with Crippen LogP contribution in [0, 0.1) is 0 Å². The predicted molar refractivity (Wildman–Crippen MR) is 263 cm³/mol. The van der Waals surface area contributed by atoms with E-state index in [0.717, 1.165) is 55.6 Å². The summed E-state index contributed by atoms with van der Waals surface area (Å²) in [4.78, 5) is 2.39. The molecule has 0 saturated heterocycles. The van der Waals surface area contributed by atoms with Crippen LogP contribution in [0.5, 0.6) is 0 Å². The average molecular weight is 809 g/mol. The normalized spacial score (nSPS) is 14.3. The van der Waals surface area contributed by atoms with Gasteiger partial charge in [0.2, 0.25) is 0 Å². The Morgan fingerprint density at radius 1 is 0.429 bits per heavy atom. The zero-order valence-corrected chi connectivity index (χ0v) is 35.8. The van der Waals surface area contributed by atoms with E-state index >= 15 is 0 Å². The maximum Gasteiger partial charge on any atom is 0.145 e. The van der Waals surface area contributed by atoms with Gasteiger partial charge in [0.05, 0.1) is 16.4 Å². The standard InChI is InChI=1S/C60H44N2O/c1-59(2)50-21-13-11-19-43(50)45-29-27-41(35-52(45)59)61(40-25-23-38(24-26-40)37-15-7-5-8-16-37)42-28-30-46-48-33-34-53-55(58(48)63-54(46)36-42)49-32-31-47-44-20-12-14-22-51(44)60(3,4)56(47)57(49)62(53)39-17-9-6-10-18-39/h5-36H,1-4H3. The van der Waals surface area contributed by atoms with Crippen molar-refractivity contribution in [1.29, 1.82) is 0 Å². The summed E-state index contributed by atoms with van der Waals surface area (Å²) in [5.74, 6) is 0. The van der Waals surface area contributed by atoms with E-state index in [9.17, 15) is 0 Å². The summed E-state index contributed by atoms with van der Waals surface area (Å²) in [7, 11) is 0. The van der Waals surface area contributed by atoms with E-state index in [1.54, 1.807) is 0 Å². The van der Waals surface area contributed by atoms with Crippen molar-refractivity contribution in [2.45, 2.75) is 38.5 Å². The highest BCUT2D eigenvalue weighted by molar-refractivity contribution is 6.25. The van der Waals surface area contributed by atoms with E-state index in [1.165, 1.54) is 66.5 Å². The number of para-hydroxylation sites is 1. The average Bonchev–Trinajstić information content (AvgIpc) is 4.00. The predicted octanol–water partition coefficient (Wildman–Crippen LogP) is 16.4. The van der Waals surface area contributed by atoms with Gasteiger partial charge in [-0.05, 0) is 116 Å². The second-order valence-electron chi connectivity index (χ2n) is 18.5. The van der Waals surface area contributed by atoms with Crippen LogP contribution >= 0.6 is 0 Å². The van der Waals surface area contributed by atoms with Crippen molar-refractivity contribution in [2.24, 2.45) is 0 Å². The number of hydrogen-bond acceptors (Lipinski definition) is 2. The molecule has 0 bridgehead atoms. The molecule has 0 unspecified atom stereocenters. The number of aromatic nitrogens is 1. The van der Waals surface area contributed by atoms with Crippen molar-refractivity contribution in [3.05, 3.63) is 216 Å². The Morgan fingerprint density at radius 3 is 1.75 bits per heavy atom. The Morgan fingerprint density at radius 2 is 0.984 bits per heavy atom. The van der Waals surface area contributed by atoms with E-state index in [1.807, 2.05) is 0 Å². The first kappa shape index (κ1) is 36.1. The van der Waals surface area contributed by atoms with E-state index in [-0.39, 0.29) is 10.8 Å². The van der Waals surface area contributed by atoms with Crippen LogP contribution in [0.25, 0.3) is 82.8 Å².